The fraction of sp³-hybridized carbons (Fsp3) is 0.238. The van der Waals surface area contributed by atoms with E-state index in [9.17, 15) is 4.79 Å². The molecule has 0 saturated carbocycles. The maximum absolute atomic E-state index is 12.9. The number of rotatable bonds is 6. The summed E-state index contributed by atoms with van der Waals surface area (Å²) in [5.41, 5.74) is 6.97. The first kappa shape index (κ1) is 17.0. The van der Waals surface area contributed by atoms with Gasteiger partial charge in [0.05, 0.1) is 0 Å². The number of primary amides is 1. The third-order valence-electron chi connectivity index (χ3n) is 4.98. The van der Waals surface area contributed by atoms with Crippen molar-refractivity contribution >= 4 is 5.91 Å². The zero-order valence-electron chi connectivity index (χ0n) is 14.6. The van der Waals surface area contributed by atoms with E-state index in [4.69, 9.17) is 5.73 Å². The second-order valence-electron chi connectivity index (χ2n) is 6.43. The number of aryl methyl sites for hydroxylation is 1. The smallest absolute Gasteiger partial charge is 0.232 e. The van der Waals surface area contributed by atoms with Crippen molar-refractivity contribution in [1.82, 2.24) is 9.55 Å². The van der Waals surface area contributed by atoms with Crippen molar-refractivity contribution in [2.75, 3.05) is 0 Å². The molecule has 25 heavy (non-hydrogen) atoms. The normalized spacial score (nSPS) is 12.7. The standard InChI is InChI=1S/C21H23N3O/c1-16(15-24-14-13-23-17(24)2)21(20(22)25,18-9-5-3-6-10-18)19-11-7-4-8-12-19/h3-14,16H,15H2,1-2H3,(H2,22,25). The summed E-state index contributed by atoms with van der Waals surface area (Å²) in [4.78, 5) is 17.2. The maximum Gasteiger partial charge on any atom is 0.232 e. The molecular weight excluding hydrogens is 310 g/mol. The van der Waals surface area contributed by atoms with Crippen molar-refractivity contribution in [1.29, 1.82) is 0 Å². The van der Waals surface area contributed by atoms with Crippen LogP contribution >= 0.6 is 0 Å². The molecule has 0 aliphatic rings. The highest BCUT2D eigenvalue weighted by molar-refractivity contribution is 5.91. The van der Waals surface area contributed by atoms with Gasteiger partial charge in [-0.05, 0) is 24.0 Å². The molecule has 1 heterocycles. The highest BCUT2D eigenvalue weighted by Gasteiger charge is 2.45. The molecule has 2 N–H and O–H groups in total. The molecule has 0 aliphatic heterocycles. The molecule has 0 aliphatic carbocycles. The number of imidazole rings is 1. The van der Waals surface area contributed by atoms with E-state index in [1.165, 1.54) is 0 Å². The lowest BCUT2D eigenvalue weighted by atomic mass is 9.65. The summed E-state index contributed by atoms with van der Waals surface area (Å²) < 4.78 is 2.06. The van der Waals surface area contributed by atoms with Crippen molar-refractivity contribution in [2.45, 2.75) is 25.8 Å². The highest BCUT2D eigenvalue weighted by atomic mass is 16.1. The van der Waals surface area contributed by atoms with Gasteiger partial charge in [-0.15, -0.1) is 0 Å². The minimum atomic E-state index is -0.904. The molecule has 0 fully saturated rings. The third kappa shape index (κ3) is 2.95. The maximum atomic E-state index is 12.9. The molecule has 1 atom stereocenters. The number of hydrogen-bond donors (Lipinski definition) is 1. The van der Waals surface area contributed by atoms with E-state index in [-0.39, 0.29) is 11.8 Å². The fourth-order valence-corrected chi connectivity index (χ4v) is 3.69. The quantitative estimate of drug-likeness (QED) is 0.752. The van der Waals surface area contributed by atoms with Crippen LogP contribution in [0.3, 0.4) is 0 Å². The van der Waals surface area contributed by atoms with Gasteiger partial charge in [-0.3, -0.25) is 4.79 Å². The minimum absolute atomic E-state index is 0.0531. The summed E-state index contributed by atoms with van der Waals surface area (Å²) in [6, 6.07) is 19.6. The molecule has 128 valence electrons. The summed E-state index contributed by atoms with van der Waals surface area (Å²) in [6.07, 6.45) is 3.71. The average Bonchev–Trinajstić information content (AvgIpc) is 3.02. The lowest BCUT2D eigenvalue weighted by molar-refractivity contribution is -0.123. The number of carbonyl (C=O) groups is 1. The fourth-order valence-electron chi connectivity index (χ4n) is 3.69. The number of amides is 1. The molecule has 1 aromatic heterocycles. The van der Waals surface area contributed by atoms with Gasteiger partial charge in [-0.2, -0.15) is 0 Å². The number of carbonyl (C=O) groups excluding carboxylic acids is 1. The zero-order chi connectivity index (χ0) is 17.9. The number of aromatic nitrogens is 2. The molecule has 3 aromatic rings. The minimum Gasteiger partial charge on any atom is -0.369 e. The van der Waals surface area contributed by atoms with E-state index in [2.05, 4.69) is 16.5 Å². The summed E-state index contributed by atoms with van der Waals surface area (Å²) >= 11 is 0. The molecule has 0 radical (unpaired) electrons. The van der Waals surface area contributed by atoms with Gasteiger partial charge in [-0.1, -0.05) is 67.6 Å². The van der Waals surface area contributed by atoms with Crippen LogP contribution < -0.4 is 5.73 Å². The monoisotopic (exact) mass is 333 g/mol. The number of benzene rings is 2. The van der Waals surface area contributed by atoms with Crippen molar-refractivity contribution in [3.8, 4) is 0 Å². The highest BCUT2D eigenvalue weighted by Crippen LogP contribution is 2.40. The summed E-state index contributed by atoms with van der Waals surface area (Å²) in [5.74, 6) is 0.532. The SMILES string of the molecule is Cc1nccn1CC(C)C(C(N)=O)(c1ccccc1)c1ccccc1. The van der Waals surface area contributed by atoms with E-state index in [0.717, 1.165) is 17.0 Å². The van der Waals surface area contributed by atoms with Gasteiger partial charge in [0, 0.05) is 18.9 Å². The second kappa shape index (κ2) is 6.93. The first-order chi connectivity index (χ1) is 12.1. The predicted octanol–water partition coefficient (Wildman–Crippen LogP) is 3.30. The molecular formula is C21H23N3O. The van der Waals surface area contributed by atoms with E-state index in [1.54, 1.807) is 6.20 Å². The number of nitrogens with two attached hydrogens (primary N) is 1. The molecule has 1 amide bonds. The van der Waals surface area contributed by atoms with Crippen LogP contribution in [0.4, 0.5) is 0 Å². The van der Waals surface area contributed by atoms with E-state index in [1.807, 2.05) is 73.8 Å². The molecule has 0 saturated heterocycles. The topological polar surface area (TPSA) is 60.9 Å². The largest absolute Gasteiger partial charge is 0.369 e. The van der Waals surface area contributed by atoms with Crippen molar-refractivity contribution in [3.05, 3.63) is 90.0 Å². The Kier molecular flexibility index (Phi) is 4.70. The second-order valence-corrected chi connectivity index (χ2v) is 6.43. The molecule has 4 nitrogen and oxygen atoms in total. The Bertz CT molecular complexity index is 800. The molecule has 1 unspecified atom stereocenters. The van der Waals surface area contributed by atoms with Gasteiger partial charge >= 0.3 is 0 Å². The Morgan fingerprint density at radius 2 is 1.60 bits per heavy atom. The molecule has 2 aromatic carbocycles. The molecule has 3 rings (SSSR count). The molecule has 0 spiro atoms. The van der Waals surface area contributed by atoms with Crippen LogP contribution in [0.25, 0.3) is 0 Å². The Morgan fingerprint density at radius 1 is 1.08 bits per heavy atom. The number of hydrogen-bond acceptors (Lipinski definition) is 2. The van der Waals surface area contributed by atoms with E-state index < -0.39 is 5.41 Å². The van der Waals surface area contributed by atoms with Gasteiger partial charge in [0.2, 0.25) is 5.91 Å². The lowest BCUT2D eigenvalue weighted by Gasteiger charge is -2.38. The van der Waals surface area contributed by atoms with Crippen molar-refractivity contribution in [2.24, 2.45) is 11.7 Å². The average molecular weight is 333 g/mol. The third-order valence-corrected chi connectivity index (χ3v) is 4.98. The van der Waals surface area contributed by atoms with Crippen molar-refractivity contribution < 1.29 is 4.79 Å². The van der Waals surface area contributed by atoms with Gasteiger partial charge in [0.15, 0.2) is 0 Å². The van der Waals surface area contributed by atoms with Gasteiger partial charge in [-0.25, -0.2) is 4.98 Å². The predicted molar refractivity (Wildman–Crippen MR) is 99.0 cm³/mol. The van der Waals surface area contributed by atoms with Crippen LogP contribution in [0.2, 0.25) is 0 Å². The van der Waals surface area contributed by atoms with Gasteiger partial charge in [0.25, 0.3) is 0 Å². The zero-order valence-corrected chi connectivity index (χ0v) is 14.6. The van der Waals surface area contributed by atoms with Crippen LogP contribution in [0.15, 0.2) is 73.1 Å². The van der Waals surface area contributed by atoms with Crippen molar-refractivity contribution in [3.63, 3.8) is 0 Å². The number of nitrogens with zero attached hydrogens (tertiary/aromatic N) is 2. The summed E-state index contributed by atoms with van der Waals surface area (Å²) in [5, 5.41) is 0. The Labute approximate surface area is 148 Å². The summed E-state index contributed by atoms with van der Waals surface area (Å²) in [7, 11) is 0. The van der Waals surface area contributed by atoms with Crippen LogP contribution in [0, 0.1) is 12.8 Å². The molecule has 0 bridgehead atoms. The summed E-state index contributed by atoms with van der Waals surface area (Å²) in [6.45, 7) is 4.69. The van der Waals surface area contributed by atoms with E-state index in [0.29, 0.717) is 6.54 Å². The first-order valence-electron chi connectivity index (χ1n) is 8.45. The van der Waals surface area contributed by atoms with Crippen LogP contribution in [-0.2, 0) is 16.8 Å². The molecule has 4 heteroatoms. The van der Waals surface area contributed by atoms with Crippen LogP contribution in [-0.4, -0.2) is 15.5 Å². The van der Waals surface area contributed by atoms with E-state index >= 15 is 0 Å². The van der Waals surface area contributed by atoms with Crippen LogP contribution in [0.1, 0.15) is 23.9 Å². The van der Waals surface area contributed by atoms with Gasteiger partial charge < -0.3 is 10.3 Å². The van der Waals surface area contributed by atoms with Crippen LogP contribution in [0.5, 0.6) is 0 Å². The van der Waals surface area contributed by atoms with Gasteiger partial charge in [0.1, 0.15) is 11.2 Å². The Balaban J connectivity index is 2.17. The lowest BCUT2D eigenvalue weighted by Crippen LogP contribution is -2.48. The first-order valence-corrected chi connectivity index (χ1v) is 8.45. The Morgan fingerprint density at radius 3 is 2.00 bits per heavy atom. The Hall–Kier alpha value is -2.88.